The van der Waals surface area contributed by atoms with Gasteiger partial charge in [0.25, 0.3) is 5.91 Å². The fourth-order valence-electron chi connectivity index (χ4n) is 3.58. The molecule has 0 bridgehead atoms. The molecule has 2 aliphatic rings. The molecule has 2 aromatic rings. The van der Waals surface area contributed by atoms with Gasteiger partial charge in [0.05, 0.1) is 6.04 Å². The van der Waals surface area contributed by atoms with E-state index >= 15 is 0 Å². The minimum atomic E-state index is -0.552. The number of carbonyl (C=O) groups is 1. The molecule has 4 rings (SSSR count). The van der Waals surface area contributed by atoms with Crippen molar-refractivity contribution in [1.29, 1.82) is 0 Å². The zero-order valence-corrected chi connectivity index (χ0v) is 16.1. The highest BCUT2D eigenvalue weighted by Crippen LogP contribution is 2.30. The fraction of sp³-hybridized carbons (Fsp3) is 0.368. The van der Waals surface area contributed by atoms with E-state index in [-0.39, 0.29) is 5.70 Å². The molecular formula is C19H24N6OS. The Kier molecular flexibility index (Phi) is 4.89. The summed E-state index contributed by atoms with van der Waals surface area (Å²) in [6.45, 7) is 2.05. The third-order valence-electron chi connectivity index (χ3n) is 4.91. The van der Waals surface area contributed by atoms with Crippen molar-refractivity contribution in [2.24, 2.45) is 10.7 Å². The molecule has 2 heterocycles. The van der Waals surface area contributed by atoms with E-state index in [1.165, 1.54) is 24.0 Å². The average Bonchev–Trinajstić information content (AvgIpc) is 3.11. The Balaban J connectivity index is 1.63. The van der Waals surface area contributed by atoms with Crippen LogP contribution in [0, 0.1) is 6.92 Å². The molecule has 1 aliphatic carbocycles. The van der Waals surface area contributed by atoms with E-state index in [1.807, 2.05) is 0 Å². The van der Waals surface area contributed by atoms with E-state index in [0.717, 1.165) is 29.5 Å². The Hall–Kier alpha value is -2.74. The first-order chi connectivity index (χ1) is 13.1. The molecule has 0 radical (unpaired) electrons. The van der Waals surface area contributed by atoms with Crippen LogP contribution in [-0.2, 0) is 4.79 Å². The number of aryl methyl sites for hydroxylation is 1. The molecular weight excluding hydrogens is 360 g/mol. The Bertz CT molecular complexity index is 925. The van der Waals surface area contributed by atoms with E-state index in [1.54, 1.807) is 11.3 Å². The lowest BCUT2D eigenvalue weighted by atomic mass is 9.96. The number of nitrogens with one attached hydrogen (secondary N) is 4. The highest BCUT2D eigenvalue weighted by atomic mass is 32.1. The van der Waals surface area contributed by atoms with Crippen molar-refractivity contribution in [2.45, 2.75) is 45.1 Å². The van der Waals surface area contributed by atoms with Gasteiger partial charge in [-0.1, -0.05) is 19.3 Å². The van der Waals surface area contributed by atoms with Gasteiger partial charge in [0.2, 0.25) is 5.96 Å². The third-order valence-corrected chi connectivity index (χ3v) is 5.77. The zero-order chi connectivity index (χ0) is 18.8. The van der Waals surface area contributed by atoms with E-state index in [4.69, 9.17) is 10.7 Å². The second-order valence-electron chi connectivity index (χ2n) is 7.03. The number of primary amides is 1. The van der Waals surface area contributed by atoms with Gasteiger partial charge in [-0.15, -0.1) is 11.3 Å². The Morgan fingerprint density at radius 3 is 2.85 bits per heavy atom. The van der Waals surface area contributed by atoms with Crippen LogP contribution in [0.2, 0.25) is 0 Å². The number of nitrogens with two attached hydrogens (primary N) is 1. The molecule has 8 heteroatoms. The third kappa shape index (κ3) is 3.85. The predicted molar refractivity (Wildman–Crippen MR) is 110 cm³/mol. The van der Waals surface area contributed by atoms with Gasteiger partial charge in [-0.3, -0.25) is 15.6 Å². The standard InChI is InChI=1S/C19H24N6OS/c1-11-9-14(13-7-8-27-15(13)10-11)22-18-16(17(20)26)24-25-19(23-18)21-12-5-3-2-4-6-12/h7-10,12,22,24H,2-6H2,1H3,(H2,20,26)(H2,21,23,25). The molecule has 0 spiro atoms. The number of nitrogens with zero attached hydrogens (tertiary/aromatic N) is 1. The molecule has 0 unspecified atom stereocenters. The van der Waals surface area contributed by atoms with Crippen molar-refractivity contribution in [3.63, 3.8) is 0 Å². The number of guanidine groups is 1. The molecule has 0 atom stereocenters. The van der Waals surface area contributed by atoms with Gasteiger partial charge >= 0.3 is 0 Å². The topological polar surface area (TPSA) is 104 Å². The summed E-state index contributed by atoms with van der Waals surface area (Å²) >= 11 is 1.69. The Morgan fingerprint density at radius 1 is 1.26 bits per heavy atom. The van der Waals surface area contributed by atoms with Crippen LogP contribution in [-0.4, -0.2) is 17.9 Å². The number of hydrazine groups is 1. The molecule has 27 heavy (non-hydrogen) atoms. The van der Waals surface area contributed by atoms with Crippen molar-refractivity contribution >= 4 is 39.0 Å². The number of hydrogen-bond acceptors (Lipinski definition) is 5. The number of anilines is 1. The van der Waals surface area contributed by atoms with Crippen LogP contribution < -0.4 is 27.2 Å². The molecule has 1 fully saturated rings. The van der Waals surface area contributed by atoms with Crippen molar-refractivity contribution in [3.8, 4) is 0 Å². The van der Waals surface area contributed by atoms with Crippen LogP contribution >= 0.6 is 11.3 Å². The maximum absolute atomic E-state index is 11.9. The molecule has 0 saturated heterocycles. The lowest BCUT2D eigenvalue weighted by Gasteiger charge is -2.27. The van der Waals surface area contributed by atoms with Gasteiger partial charge in [-0.2, -0.15) is 0 Å². The van der Waals surface area contributed by atoms with E-state index in [2.05, 4.69) is 52.0 Å². The number of fused-ring (bicyclic) bond motifs is 1. The van der Waals surface area contributed by atoms with Gasteiger partial charge < -0.3 is 16.4 Å². The predicted octanol–water partition coefficient (Wildman–Crippen LogP) is 2.66. The first-order valence-corrected chi connectivity index (χ1v) is 10.1. The van der Waals surface area contributed by atoms with Gasteiger partial charge in [0.15, 0.2) is 5.70 Å². The van der Waals surface area contributed by atoms with Crippen LogP contribution in [0.4, 0.5) is 5.69 Å². The molecule has 7 nitrogen and oxygen atoms in total. The largest absolute Gasteiger partial charge is 0.364 e. The second-order valence-corrected chi connectivity index (χ2v) is 7.98. The Morgan fingerprint density at radius 2 is 2.07 bits per heavy atom. The van der Waals surface area contributed by atoms with Crippen LogP contribution in [0.5, 0.6) is 0 Å². The minimum absolute atomic E-state index is 0.252. The van der Waals surface area contributed by atoms with Gasteiger partial charge in [-0.25, -0.2) is 4.99 Å². The van der Waals surface area contributed by atoms with Crippen LogP contribution in [0.15, 0.2) is 40.1 Å². The number of thiophene rings is 1. The smallest absolute Gasteiger partial charge is 0.270 e. The van der Waals surface area contributed by atoms with Crippen molar-refractivity contribution < 1.29 is 4.79 Å². The molecule has 1 amide bonds. The Labute approximate surface area is 162 Å². The van der Waals surface area contributed by atoms with Gasteiger partial charge in [0, 0.05) is 15.8 Å². The maximum Gasteiger partial charge on any atom is 0.270 e. The summed E-state index contributed by atoms with van der Waals surface area (Å²) in [6, 6.07) is 6.58. The lowest BCUT2D eigenvalue weighted by molar-refractivity contribution is -0.115. The van der Waals surface area contributed by atoms with E-state index < -0.39 is 5.91 Å². The lowest BCUT2D eigenvalue weighted by Crippen LogP contribution is -2.54. The summed E-state index contributed by atoms with van der Waals surface area (Å²) in [7, 11) is 0. The number of amides is 1. The van der Waals surface area contributed by atoms with Crippen LogP contribution in [0.1, 0.15) is 37.7 Å². The summed E-state index contributed by atoms with van der Waals surface area (Å²) in [4.78, 5) is 16.6. The van der Waals surface area contributed by atoms with Crippen molar-refractivity contribution in [1.82, 2.24) is 16.2 Å². The maximum atomic E-state index is 11.9. The van der Waals surface area contributed by atoms with Crippen LogP contribution in [0.25, 0.3) is 10.1 Å². The SMILES string of the molecule is Cc1cc(NC2=C(C(N)=O)NNC(=NC3CCCCC3)N2)c2ccsc2c1. The number of aliphatic imine (C=N–C) groups is 1. The normalized spacial score (nSPS) is 19.5. The summed E-state index contributed by atoms with van der Waals surface area (Å²) < 4.78 is 1.19. The highest BCUT2D eigenvalue weighted by Gasteiger charge is 2.22. The molecule has 6 N–H and O–H groups in total. The van der Waals surface area contributed by atoms with Crippen molar-refractivity contribution in [2.75, 3.05) is 5.32 Å². The molecule has 142 valence electrons. The second kappa shape index (κ2) is 7.48. The van der Waals surface area contributed by atoms with Gasteiger partial charge in [0.1, 0.15) is 5.82 Å². The summed E-state index contributed by atoms with van der Waals surface area (Å²) in [6.07, 6.45) is 5.89. The monoisotopic (exact) mass is 384 g/mol. The fourth-order valence-corrected chi connectivity index (χ4v) is 4.49. The highest BCUT2D eigenvalue weighted by molar-refractivity contribution is 7.17. The molecule has 1 saturated carbocycles. The van der Waals surface area contributed by atoms with Crippen molar-refractivity contribution in [3.05, 3.63) is 40.7 Å². The summed E-state index contributed by atoms with van der Waals surface area (Å²) in [5.74, 6) is 0.556. The number of hydrogen-bond donors (Lipinski definition) is 5. The first-order valence-electron chi connectivity index (χ1n) is 9.26. The zero-order valence-electron chi connectivity index (χ0n) is 15.3. The number of rotatable bonds is 4. The van der Waals surface area contributed by atoms with E-state index in [9.17, 15) is 4.79 Å². The molecule has 1 aromatic carbocycles. The number of benzene rings is 1. The number of carbonyl (C=O) groups excluding carboxylic acids is 1. The van der Waals surface area contributed by atoms with Crippen LogP contribution in [0.3, 0.4) is 0 Å². The quantitative estimate of drug-likeness (QED) is 0.558. The molecule has 1 aromatic heterocycles. The van der Waals surface area contributed by atoms with Gasteiger partial charge in [-0.05, 0) is 48.9 Å². The summed E-state index contributed by atoms with van der Waals surface area (Å²) in [5, 5.41) is 9.71. The average molecular weight is 385 g/mol. The molecule has 1 aliphatic heterocycles. The first kappa shape index (κ1) is 17.7. The summed E-state index contributed by atoms with van der Waals surface area (Å²) in [5.41, 5.74) is 13.7. The van der Waals surface area contributed by atoms with E-state index in [0.29, 0.717) is 17.8 Å². The minimum Gasteiger partial charge on any atom is -0.364 e.